The first-order chi connectivity index (χ1) is 12.8. The van der Waals surface area contributed by atoms with Gasteiger partial charge in [0.15, 0.2) is 0 Å². The highest BCUT2D eigenvalue weighted by atomic mass is 16.5. The number of amides is 1. The van der Waals surface area contributed by atoms with Gasteiger partial charge in [-0.15, -0.1) is 0 Å². The van der Waals surface area contributed by atoms with Crippen LogP contribution in [0.3, 0.4) is 0 Å². The maximum absolute atomic E-state index is 12.5. The molecule has 1 aliphatic rings. The van der Waals surface area contributed by atoms with Crippen LogP contribution in [0.5, 0.6) is 5.75 Å². The molecule has 0 radical (unpaired) electrons. The van der Waals surface area contributed by atoms with Crippen molar-refractivity contribution in [2.24, 2.45) is 0 Å². The topological polar surface area (TPSA) is 67.0 Å². The van der Waals surface area contributed by atoms with Gasteiger partial charge < -0.3 is 15.0 Å². The van der Waals surface area contributed by atoms with Crippen molar-refractivity contribution >= 4 is 23.2 Å². The molecule has 0 saturated carbocycles. The van der Waals surface area contributed by atoms with Gasteiger partial charge in [-0.2, -0.15) is 0 Å². The minimum Gasteiger partial charge on any atom is -0.495 e. The monoisotopic (exact) mass is 341 g/mol. The Morgan fingerprint density at radius 1 is 1.12 bits per heavy atom. The molecule has 5 heteroatoms. The van der Waals surface area contributed by atoms with E-state index in [1.54, 1.807) is 31.8 Å². The van der Waals surface area contributed by atoms with Crippen molar-refractivity contribution < 1.29 is 9.53 Å². The average Bonchev–Trinajstić information content (AvgIpc) is 3.25. The van der Waals surface area contributed by atoms with Crippen molar-refractivity contribution in [2.45, 2.75) is 0 Å². The van der Waals surface area contributed by atoms with Crippen LogP contribution in [-0.4, -0.2) is 23.0 Å². The van der Waals surface area contributed by atoms with E-state index in [9.17, 15) is 4.79 Å². The SMILES string of the molecule is COc1cc[nH]c1/C=C1\C(=O)Nc2cccc(C#Cc3ccncc3)c21. The molecular weight excluding hydrogens is 326 g/mol. The summed E-state index contributed by atoms with van der Waals surface area (Å²) >= 11 is 0. The van der Waals surface area contributed by atoms with Gasteiger partial charge in [0.25, 0.3) is 5.91 Å². The van der Waals surface area contributed by atoms with E-state index in [-0.39, 0.29) is 5.91 Å². The van der Waals surface area contributed by atoms with Gasteiger partial charge in [0.1, 0.15) is 5.75 Å². The van der Waals surface area contributed by atoms with Gasteiger partial charge in [-0.25, -0.2) is 0 Å². The molecular formula is C21H15N3O2. The zero-order valence-electron chi connectivity index (χ0n) is 14.0. The number of benzene rings is 1. The van der Waals surface area contributed by atoms with Crippen LogP contribution in [0.2, 0.25) is 0 Å². The fourth-order valence-electron chi connectivity index (χ4n) is 2.87. The second-order valence-corrected chi connectivity index (χ2v) is 5.69. The van der Waals surface area contributed by atoms with Crippen molar-refractivity contribution in [2.75, 3.05) is 12.4 Å². The Morgan fingerprint density at radius 3 is 2.77 bits per heavy atom. The molecule has 1 aliphatic heterocycles. The van der Waals surface area contributed by atoms with Gasteiger partial charge in [0.05, 0.1) is 24.1 Å². The van der Waals surface area contributed by atoms with Gasteiger partial charge in [-0.3, -0.25) is 9.78 Å². The number of carbonyl (C=O) groups is 1. The summed E-state index contributed by atoms with van der Waals surface area (Å²) in [6.45, 7) is 0. The van der Waals surface area contributed by atoms with Crippen LogP contribution in [0.25, 0.3) is 11.6 Å². The van der Waals surface area contributed by atoms with Crippen LogP contribution in [0.4, 0.5) is 5.69 Å². The normalized spacial score (nSPS) is 13.7. The summed E-state index contributed by atoms with van der Waals surface area (Å²) < 4.78 is 5.31. The van der Waals surface area contributed by atoms with Crippen LogP contribution in [0.15, 0.2) is 55.0 Å². The summed E-state index contributed by atoms with van der Waals surface area (Å²) in [5.74, 6) is 6.81. The Morgan fingerprint density at radius 2 is 1.96 bits per heavy atom. The summed E-state index contributed by atoms with van der Waals surface area (Å²) in [6.07, 6.45) is 6.96. The second-order valence-electron chi connectivity index (χ2n) is 5.69. The first kappa shape index (κ1) is 15.7. The first-order valence-corrected chi connectivity index (χ1v) is 8.06. The smallest absolute Gasteiger partial charge is 0.256 e. The Hall–Kier alpha value is -3.78. The van der Waals surface area contributed by atoms with E-state index in [1.165, 1.54) is 0 Å². The molecule has 0 atom stereocenters. The average molecular weight is 341 g/mol. The number of hydrogen-bond donors (Lipinski definition) is 2. The molecule has 0 spiro atoms. The molecule has 0 unspecified atom stereocenters. The highest BCUT2D eigenvalue weighted by Crippen LogP contribution is 2.36. The molecule has 2 aromatic heterocycles. The minimum atomic E-state index is -0.158. The lowest BCUT2D eigenvalue weighted by atomic mass is 9.99. The molecule has 126 valence electrons. The van der Waals surface area contributed by atoms with E-state index in [4.69, 9.17) is 4.74 Å². The Kier molecular flexibility index (Phi) is 4.00. The molecule has 1 aromatic carbocycles. The van der Waals surface area contributed by atoms with Crippen LogP contribution in [0, 0.1) is 11.8 Å². The minimum absolute atomic E-state index is 0.158. The summed E-state index contributed by atoms with van der Waals surface area (Å²) in [7, 11) is 1.60. The lowest BCUT2D eigenvalue weighted by Crippen LogP contribution is -2.03. The molecule has 0 saturated heterocycles. The largest absolute Gasteiger partial charge is 0.495 e. The van der Waals surface area contributed by atoms with Crippen molar-refractivity contribution in [3.63, 3.8) is 0 Å². The molecule has 1 amide bonds. The molecule has 26 heavy (non-hydrogen) atoms. The molecule has 3 heterocycles. The summed E-state index contributed by atoms with van der Waals surface area (Å²) in [5, 5.41) is 2.90. The molecule has 0 aliphatic carbocycles. The number of aromatic nitrogens is 2. The maximum Gasteiger partial charge on any atom is 0.256 e. The maximum atomic E-state index is 12.5. The van der Waals surface area contributed by atoms with Crippen molar-refractivity contribution in [3.05, 3.63) is 77.4 Å². The van der Waals surface area contributed by atoms with Crippen LogP contribution >= 0.6 is 0 Å². The number of nitrogens with zero attached hydrogens (tertiary/aromatic N) is 1. The number of rotatable bonds is 2. The number of ether oxygens (including phenoxy) is 1. The number of hydrogen-bond acceptors (Lipinski definition) is 3. The van der Waals surface area contributed by atoms with E-state index < -0.39 is 0 Å². The van der Waals surface area contributed by atoms with E-state index in [1.807, 2.05) is 36.4 Å². The fourth-order valence-corrected chi connectivity index (χ4v) is 2.87. The summed E-state index contributed by atoms with van der Waals surface area (Å²) in [5.41, 5.74) is 4.51. The van der Waals surface area contributed by atoms with Crippen molar-refractivity contribution in [1.82, 2.24) is 9.97 Å². The van der Waals surface area contributed by atoms with E-state index in [2.05, 4.69) is 27.1 Å². The molecule has 2 N–H and O–H groups in total. The predicted molar refractivity (Wildman–Crippen MR) is 101 cm³/mol. The third kappa shape index (κ3) is 2.85. The number of aromatic amines is 1. The van der Waals surface area contributed by atoms with Gasteiger partial charge in [0.2, 0.25) is 0 Å². The van der Waals surface area contributed by atoms with Crippen LogP contribution in [0.1, 0.15) is 22.4 Å². The van der Waals surface area contributed by atoms with Crippen molar-refractivity contribution in [3.8, 4) is 17.6 Å². The second kappa shape index (κ2) is 6.61. The summed E-state index contributed by atoms with van der Waals surface area (Å²) in [4.78, 5) is 19.6. The number of fused-ring (bicyclic) bond motifs is 1. The quantitative estimate of drug-likeness (QED) is 0.555. The number of methoxy groups -OCH3 is 1. The summed E-state index contributed by atoms with van der Waals surface area (Å²) in [6, 6.07) is 11.2. The predicted octanol–water partition coefficient (Wildman–Crippen LogP) is 3.31. The highest BCUT2D eigenvalue weighted by Gasteiger charge is 2.26. The fraction of sp³-hybridized carbons (Fsp3) is 0.0476. The number of pyridine rings is 1. The lowest BCUT2D eigenvalue weighted by molar-refractivity contribution is -0.110. The number of anilines is 1. The highest BCUT2D eigenvalue weighted by molar-refractivity contribution is 6.35. The van der Waals surface area contributed by atoms with Gasteiger partial charge in [0, 0.05) is 35.3 Å². The molecule has 4 rings (SSSR count). The number of nitrogens with one attached hydrogen (secondary N) is 2. The first-order valence-electron chi connectivity index (χ1n) is 8.06. The Labute approximate surface area is 150 Å². The van der Waals surface area contributed by atoms with Gasteiger partial charge in [-0.05, 0) is 36.4 Å². The third-order valence-electron chi connectivity index (χ3n) is 4.10. The molecule has 5 nitrogen and oxygen atoms in total. The molecule has 0 fully saturated rings. The van der Waals surface area contributed by atoms with Gasteiger partial charge in [-0.1, -0.05) is 17.9 Å². The molecule has 3 aromatic rings. The van der Waals surface area contributed by atoms with E-state index in [0.717, 1.165) is 28.1 Å². The lowest BCUT2D eigenvalue weighted by Gasteiger charge is -2.03. The number of H-pyrrole nitrogens is 1. The van der Waals surface area contributed by atoms with Crippen molar-refractivity contribution in [1.29, 1.82) is 0 Å². The standard InChI is InChI=1S/C21H15N3O2/c1-26-19-9-12-23-18(19)13-16-20-15(3-2-4-17(20)24-21(16)25)6-5-14-7-10-22-11-8-14/h2-4,7-13,23H,1H3,(H,24,25)/b16-13-. The Bertz CT molecular complexity index is 1070. The molecule has 0 bridgehead atoms. The van der Waals surface area contributed by atoms with E-state index >= 15 is 0 Å². The zero-order chi connectivity index (χ0) is 17.9. The third-order valence-corrected chi connectivity index (χ3v) is 4.10. The van der Waals surface area contributed by atoms with Crippen LogP contribution < -0.4 is 10.1 Å². The number of carbonyl (C=O) groups excluding carboxylic acids is 1. The van der Waals surface area contributed by atoms with Gasteiger partial charge >= 0.3 is 0 Å². The Balaban J connectivity index is 1.81. The zero-order valence-corrected chi connectivity index (χ0v) is 14.0. The van der Waals surface area contributed by atoms with E-state index in [0.29, 0.717) is 11.3 Å². The van der Waals surface area contributed by atoms with Crippen LogP contribution in [-0.2, 0) is 4.79 Å².